The van der Waals surface area contributed by atoms with Gasteiger partial charge in [-0.1, -0.05) is 47.0 Å². The monoisotopic (exact) mass is 268 g/mol. The van der Waals surface area contributed by atoms with Gasteiger partial charge in [0.1, 0.15) is 0 Å². The first-order chi connectivity index (χ1) is 8.54. The maximum Gasteiger partial charge on any atom is 0.464 e. The number of hydrogen-bond acceptors (Lipinski definition) is 2. The summed E-state index contributed by atoms with van der Waals surface area (Å²) < 4.78 is 12.5. The van der Waals surface area contributed by atoms with E-state index in [1.54, 1.807) is 0 Å². The molecule has 0 aromatic rings. The van der Waals surface area contributed by atoms with Crippen molar-refractivity contribution in [2.45, 2.75) is 97.6 Å². The molecule has 0 aliphatic carbocycles. The average Bonchev–Trinajstić information content (AvgIpc) is 2.48. The summed E-state index contributed by atoms with van der Waals surface area (Å²) >= 11 is 0. The van der Waals surface area contributed by atoms with Gasteiger partial charge in [0.25, 0.3) is 0 Å². The van der Waals surface area contributed by atoms with E-state index in [1.807, 2.05) is 0 Å². The third kappa shape index (κ3) is 3.75. The Hall–Kier alpha value is -0.0151. The van der Waals surface area contributed by atoms with Crippen LogP contribution in [-0.4, -0.2) is 18.3 Å². The van der Waals surface area contributed by atoms with Gasteiger partial charge in [0, 0.05) is 5.31 Å². The van der Waals surface area contributed by atoms with E-state index in [1.165, 1.54) is 19.3 Å². The molecule has 1 unspecified atom stereocenters. The maximum absolute atomic E-state index is 6.26. The van der Waals surface area contributed by atoms with Gasteiger partial charge < -0.3 is 9.31 Å². The standard InChI is InChI=1S/C16H33BO2/c1-9-16(8,12-10-11-13(2)3)17-18-14(4,5)15(6,7)19-17/h13H,9-12H2,1-8H3. The van der Waals surface area contributed by atoms with Crippen LogP contribution in [0.25, 0.3) is 0 Å². The molecular weight excluding hydrogens is 235 g/mol. The van der Waals surface area contributed by atoms with Crippen molar-refractivity contribution in [2.75, 3.05) is 0 Å². The van der Waals surface area contributed by atoms with Crippen LogP contribution >= 0.6 is 0 Å². The molecular formula is C16H33BO2. The van der Waals surface area contributed by atoms with Gasteiger partial charge in [-0.2, -0.15) is 0 Å². The highest BCUT2D eigenvalue weighted by atomic mass is 16.7. The minimum absolute atomic E-state index is 0.0744. The summed E-state index contributed by atoms with van der Waals surface area (Å²) in [5.41, 5.74) is -0.432. The Bertz CT molecular complexity index is 283. The Morgan fingerprint density at radius 3 is 1.89 bits per heavy atom. The molecule has 1 atom stereocenters. The van der Waals surface area contributed by atoms with Crippen LogP contribution in [0.2, 0.25) is 5.31 Å². The topological polar surface area (TPSA) is 18.5 Å². The fourth-order valence-corrected chi connectivity index (χ4v) is 2.50. The Labute approximate surface area is 120 Å². The Morgan fingerprint density at radius 1 is 1.05 bits per heavy atom. The zero-order valence-corrected chi connectivity index (χ0v) is 14.3. The fraction of sp³-hybridized carbons (Fsp3) is 1.00. The van der Waals surface area contributed by atoms with E-state index < -0.39 is 0 Å². The second kappa shape index (κ2) is 5.77. The minimum atomic E-state index is -0.216. The summed E-state index contributed by atoms with van der Waals surface area (Å²) in [6, 6.07) is 0. The molecule has 0 saturated carbocycles. The fourth-order valence-electron chi connectivity index (χ4n) is 2.50. The van der Waals surface area contributed by atoms with E-state index in [9.17, 15) is 0 Å². The van der Waals surface area contributed by atoms with Crippen molar-refractivity contribution in [3.05, 3.63) is 0 Å². The molecule has 1 heterocycles. The van der Waals surface area contributed by atoms with Gasteiger partial charge in [0.05, 0.1) is 11.2 Å². The van der Waals surface area contributed by atoms with Gasteiger partial charge in [-0.15, -0.1) is 0 Å². The highest BCUT2D eigenvalue weighted by molar-refractivity contribution is 6.49. The molecule has 0 amide bonds. The molecule has 3 heteroatoms. The summed E-state index contributed by atoms with van der Waals surface area (Å²) in [6.07, 6.45) is 4.82. The van der Waals surface area contributed by atoms with E-state index in [0.29, 0.717) is 0 Å². The van der Waals surface area contributed by atoms with Crippen LogP contribution < -0.4 is 0 Å². The summed E-state index contributed by atoms with van der Waals surface area (Å²) in [5.74, 6) is 0.777. The molecule has 0 radical (unpaired) electrons. The van der Waals surface area contributed by atoms with Crippen molar-refractivity contribution in [2.24, 2.45) is 5.92 Å². The normalized spacial score (nSPS) is 24.8. The lowest BCUT2D eigenvalue weighted by atomic mass is 9.54. The second-order valence-corrected chi connectivity index (χ2v) is 7.88. The lowest BCUT2D eigenvalue weighted by Gasteiger charge is -2.32. The SMILES string of the molecule is CCC(C)(CCCC(C)C)B1OC(C)(C)C(C)(C)O1. The van der Waals surface area contributed by atoms with Crippen molar-refractivity contribution in [1.82, 2.24) is 0 Å². The zero-order valence-electron chi connectivity index (χ0n) is 14.3. The first-order valence-electron chi connectivity index (χ1n) is 7.90. The second-order valence-electron chi connectivity index (χ2n) is 7.88. The third-order valence-electron chi connectivity index (χ3n) is 5.16. The van der Waals surface area contributed by atoms with Gasteiger partial charge in [-0.25, -0.2) is 0 Å². The van der Waals surface area contributed by atoms with E-state index in [2.05, 4.69) is 55.4 Å². The molecule has 0 N–H and O–H groups in total. The van der Waals surface area contributed by atoms with Gasteiger partial charge in [-0.3, -0.25) is 0 Å². The van der Waals surface area contributed by atoms with Crippen LogP contribution in [-0.2, 0) is 9.31 Å². The predicted octanol–water partition coefficient (Wildman–Crippen LogP) is 5.08. The van der Waals surface area contributed by atoms with Gasteiger partial charge >= 0.3 is 7.12 Å². The Balaban J connectivity index is 2.70. The summed E-state index contributed by atoms with van der Waals surface area (Å²) in [7, 11) is -0.0744. The number of rotatable bonds is 6. The van der Waals surface area contributed by atoms with Crippen LogP contribution in [0.5, 0.6) is 0 Å². The van der Waals surface area contributed by atoms with Gasteiger partial charge in [-0.05, 0) is 40.0 Å². The average molecular weight is 268 g/mol. The van der Waals surface area contributed by atoms with Crippen LogP contribution in [0, 0.1) is 5.92 Å². The van der Waals surface area contributed by atoms with Gasteiger partial charge in [0.15, 0.2) is 0 Å². The van der Waals surface area contributed by atoms with Gasteiger partial charge in [0.2, 0.25) is 0 Å². The van der Waals surface area contributed by atoms with Crippen molar-refractivity contribution >= 4 is 7.12 Å². The molecule has 1 rings (SSSR count). The van der Waals surface area contributed by atoms with Crippen molar-refractivity contribution < 1.29 is 9.31 Å². The molecule has 0 bridgehead atoms. The predicted molar refractivity (Wildman–Crippen MR) is 83.4 cm³/mol. The van der Waals surface area contributed by atoms with E-state index in [0.717, 1.165) is 12.3 Å². The quantitative estimate of drug-likeness (QED) is 0.626. The van der Waals surface area contributed by atoms with E-state index >= 15 is 0 Å². The molecule has 0 spiro atoms. The summed E-state index contributed by atoms with van der Waals surface area (Å²) in [4.78, 5) is 0. The molecule has 1 saturated heterocycles. The molecule has 0 aromatic heterocycles. The molecule has 1 aliphatic rings. The van der Waals surface area contributed by atoms with Crippen LogP contribution in [0.15, 0.2) is 0 Å². The Kier molecular flexibility index (Phi) is 5.17. The minimum Gasteiger partial charge on any atom is -0.403 e. The molecule has 1 aliphatic heterocycles. The first kappa shape index (κ1) is 17.0. The van der Waals surface area contributed by atoms with Crippen molar-refractivity contribution in [3.8, 4) is 0 Å². The largest absolute Gasteiger partial charge is 0.464 e. The van der Waals surface area contributed by atoms with E-state index in [-0.39, 0.29) is 23.6 Å². The summed E-state index contributed by atoms with van der Waals surface area (Å²) in [6.45, 7) is 17.7. The Morgan fingerprint density at radius 2 is 1.53 bits per heavy atom. The summed E-state index contributed by atoms with van der Waals surface area (Å²) in [5, 5.41) is 0.125. The van der Waals surface area contributed by atoms with Crippen molar-refractivity contribution in [1.29, 1.82) is 0 Å². The van der Waals surface area contributed by atoms with Crippen LogP contribution in [0.1, 0.15) is 81.1 Å². The highest BCUT2D eigenvalue weighted by Crippen LogP contribution is 2.49. The molecule has 2 nitrogen and oxygen atoms in total. The van der Waals surface area contributed by atoms with Crippen LogP contribution in [0.3, 0.4) is 0 Å². The molecule has 112 valence electrons. The molecule has 0 aromatic carbocycles. The third-order valence-corrected chi connectivity index (χ3v) is 5.16. The van der Waals surface area contributed by atoms with E-state index in [4.69, 9.17) is 9.31 Å². The lowest BCUT2D eigenvalue weighted by Crippen LogP contribution is -2.41. The van der Waals surface area contributed by atoms with Crippen molar-refractivity contribution in [3.63, 3.8) is 0 Å². The smallest absolute Gasteiger partial charge is 0.403 e. The molecule has 19 heavy (non-hydrogen) atoms. The maximum atomic E-state index is 6.26. The zero-order chi connectivity index (χ0) is 14.9. The highest BCUT2D eigenvalue weighted by Gasteiger charge is 2.56. The van der Waals surface area contributed by atoms with Crippen LogP contribution in [0.4, 0.5) is 0 Å². The molecule has 1 fully saturated rings. The first-order valence-corrected chi connectivity index (χ1v) is 7.90. The lowest BCUT2D eigenvalue weighted by molar-refractivity contribution is 0.00578. The number of hydrogen-bond donors (Lipinski definition) is 0.